The Bertz CT molecular complexity index is 366. The second-order valence-electron chi connectivity index (χ2n) is 4.86. The summed E-state index contributed by atoms with van der Waals surface area (Å²) in [5, 5.41) is 10.1. The standard InChI is InChI=1S/C14H21NO3/c1-15-8-7-11(9-15)14(16)10-18-13-5-3-12(17-2)4-6-13/h3-6,11,14,16H,7-10H2,1-2H3. The van der Waals surface area contributed by atoms with Crippen LogP contribution in [0.2, 0.25) is 0 Å². The van der Waals surface area contributed by atoms with E-state index in [1.807, 2.05) is 24.3 Å². The molecule has 1 aliphatic heterocycles. The van der Waals surface area contributed by atoms with Crippen molar-refractivity contribution in [3.8, 4) is 11.5 Å². The molecule has 1 aliphatic rings. The van der Waals surface area contributed by atoms with Crippen LogP contribution in [0.4, 0.5) is 0 Å². The first-order valence-electron chi connectivity index (χ1n) is 6.32. The summed E-state index contributed by atoms with van der Waals surface area (Å²) in [6, 6.07) is 7.41. The molecule has 0 bridgehead atoms. The van der Waals surface area contributed by atoms with Crippen LogP contribution in [0.15, 0.2) is 24.3 Å². The molecule has 1 heterocycles. The third kappa shape index (κ3) is 3.37. The van der Waals surface area contributed by atoms with Crippen LogP contribution in [0.3, 0.4) is 0 Å². The predicted molar refractivity (Wildman–Crippen MR) is 70.1 cm³/mol. The van der Waals surface area contributed by atoms with Gasteiger partial charge >= 0.3 is 0 Å². The third-order valence-electron chi connectivity index (χ3n) is 3.45. The molecular formula is C14H21NO3. The number of hydrogen-bond acceptors (Lipinski definition) is 4. The van der Waals surface area contributed by atoms with Gasteiger partial charge in [0.1, 0.15) is 18.1 Å². The number of aliphatic hydroxyl groups is 1. The Labute approximate surface area is 108 Å². The summed E-state index contributed by atoms with van der Waals surface area (Å²) in [4.78, 5) is 2.24. The summed E-state index contributed by atoms with van der Waals surface area (Å²) in [5.41, 5.74) is 0. The fourth-order valence-corrected chi connectivity index (χ4v) is 2.27. The van der Waals surface area contributed by atoms with Gasteiger partial charge in [0.25, 0.3) is 0 Å². The molecular weight excluding hydrogens is 230 g/mol. The van der Waals surface area contributed by atoms with Gasteiger partial charge in [0, 0.05) is 12.5 Å². The molecule has 0 saturated carbocycles. The summed E-state index contributed by atoms with van der Waals surface area (Å²) >= 11 is 0. The lowest BCUT2D eigenvalue weighted by molar-refractivity contribution is 0.0607. The van der Waals surface area contributed by atoms with E-state index in [9.17, 15) is 5.11 Å². The lowest BCUT2D eigenvalue weighted by atomic mass is 10.0. The molecule has 0 aliphatic carbocycles. The quantitative estimate of drug-likeness (QED) is 0.858. The van der Waals surface area contributed by atoms with E-state index in [1.165, 1.54) is 0 Å². The van der Waals surface area contributed by atoms with Crippen LogP contribution in [0, 0.1) is 5.92 Å². The second kappa shape index (κ2) is 6.07. The Morgan fingerprint density at radius 2 is 2.00 bits per heavy atom. The van der Waals surface area contributed by atoms with Gasteiger partial charge in [0.05, 0.1) is 13.2 Å². The highest BCUT2D eigenvalue weighted by Gasteiger charge is 2.26. The van der Waals surface area contributed by atoms with Crippen LogP contribution in [-0.4, -0.2) is 50.0 Å². The van der Waals surface area contributed by atoms with Crippen LogP contribution in [-0.2, 0) is 0 Å². The number of likely N-dealkylation sites (tertiary alicyclic amines) is 1. The van der Waals surface area contributed by atoms with Gasteiger partial charge in [0.2, 0.25) is 0 Å². The number of ether oxygens (including phenoxy) is 2. The second-order valence-corrected chi connectivity index (χ2v) is 4.86. The van der Waals surface area contributed by atoms with Gasteiger partial charge in [0.15, 0.2) is 0 Å². The van der Waals surface area contributed by atoms with Gasteiger partial charge < -0.3 is 19.5 Å². The highest BCUT2D eigenvalue weighted by molar-refractivity contribution is 5.31. The summed E-state index contributed by atoms with van der Waals surface area (Å²) in [7, 11) is 3.72. The summed E-state index contributed by atoms with van der Waals surface area (Å²) in [6.45, 7) is 2.36. The van der Waals surface area contributed by atoms with Gasteiger partial charge in [-0.3, -0.25) is 0 Å². The molecule has 0 spiro atoms. The minimum absolute atomic E-state index is 0.327. The van der Waals surface area contributed by atoms with E-state index in [4.69, 9.17) is 9.47 Å². The van der Waals surface area contributed by atoms with Crippen molar-refractivity contribution in [3.63, 3.8) is 0 Å². The van der Waals surface area contributed by atoms with E-state index in [0.29, 0.717) is 12.5 Å². The Morgan fingerprint density at radius 3 is 2.56 bits per heavy atom. The van der Waals surface area contributed by atoms with Gasteiger partial charge in [-0.1, -0.05) is 0 Å². The van der Waals surface area contributed by atoms with E-state index in [2.05, 4.69) is 11.9 Å². The van der Waals surface area contributed by atoms with Crippen molar-refractivity contribution < 1.29 is 14.6 Å². The normalized spacial score (nSPS) is 21.8. The van der Waals surface area contributed by atoms with Crippen molar-refractivity contribution in [2.24, 2.45) is 5.92 Å². The van der Waals surface area contributed by atoms with Crippen LogP contribution in [0.5, 0.6) is 11.5 Å². The molecule has 1 aromatic carbocycles. The Kier molecular flexibility index (Phi) is 4.44. The molecule has 1 aromatic rings. The van der Waals surface area contributed by atoms with Crippen molar-refractivity contribution in [2.75, 3.05) is 33.9 Å². The van der Waals surface area contributed by atoms with Gasteiger partial charge in [-0.25, -0.2) is 0 Å². The fourth-order valence-electron chi connectivity index (χ4n) is 2.27. The molecule has 18 heavy (non-hydrogen) atoms. The highest BCUT2D eigenvalue weighted by Crippen LogP contribution is 2.21. The minimum atomic E-state index is -0.392. The van der Waals surface area contributed by atoms with Crippen LogP contribution >= 0.6 is 0 Å². The van der Waals surface area contributed by atoms with Crippen molar-refractivity contribution in [1.82, 2.24) is 4.90 Å². The first kappa shape index (κ1) is 13.2. The molecule has 4 heteroatoms. The lowest BCUT2D eigenvalue weighted by Gasteiger charge is -2.18. The number of hydrogen-bond donors (Lipinski definition) is 1. The number of aliphatic hydroxyl groups excluding tert-OH is 1. The summed E-state index contributed by atoms with van der Waals surface area (Å²) in [5.74, 6) is 1.90. The van der Waals surface area contributed by atoms with E-state index in [1.54, 1.807) is 7.11 Å². The monoisotopic (exact) mass is 251 g/mol. The molecule has 2 unspecified atom stereocenters. The topological polar surface area (TPSA) is 41.9 Å². The first-order valence-corrected chi connectivity index (χ1v) is 6.32. The Hall–Kier alpha value is -1.26. The predicted octanol–water partition coefficient (Wildman–Crippen LogP) is 1.39. The molecule has 1 fully saturated rings. The molecule has 2 rings (SSSR count). The van der Waals surface area contributed by atoms with Crippen molar-refractivity contribution >= 4 is 0 Å². The molecule has 1 N–H and O–H groups in total. The third-order valence-corrected chi connectivity index (χ3v) is 3.45. The largest absolute Gasteiger partial charge is 0.497 e. The van der Waals surface area contributed by atoms with E-state index >= 15 is 0 Å². The maximum Gasteiger partial charge on any atom is 0.119 e. The fraction of sp³-hybridized carbons (Fsp3) is 0.571. The van der Waals surface area contributed by atoms with E-state index in [0.717, 1.165) is 31.0 Å². The van der Waals surface area contributed by atoms with Crippen molar-refractivity contribution in [3.05, 3.63) is 24.3 Å². The summed E-state index contributed by atoms with van der Waals surface area (Å²) in [6.07, 6.45) is 0.654. The number of benzene rings is 1. The first-order chi connectivity index (χ1) is 8.69. The molecule has 0 amide bonds. The van der Waals surface area contributed by atoms with Crippen LogP contribution in [0.25, 0.3) is 0 Å². The molecule has 1 saturated heterocycles. The minimum Gasteiger partial charge on any atom is -0.497 e. The molecule has 2 atom stereocenters. The van der Waals surface area contributed by atoms with Gasteiger partial charge in [-0.2, -0.15) is 0 Å². The zero-order valence-electron chi connectivity index (χ0n) is 11.0. The number of nitrogens with zero attached hydrogens (tertiary/aromatic N) is 1. The highest BCUT2D eigenvalue weighted by atomic mass is 16.5. The lowest BCUT2D eigenvalue weighted by Crippen LogP contribution is -2.29. The molecule has 100 valence electrons. The van der Waals surface area contributed by atoms with E-state index in [-0.39, 0.29) is 0 Å². The Morgan fingerprint density at radius 1 is 1.33 bits per heavy atom. The number of methoxy groups -OCH3 is 1. The Balaban J connectivity index is 1.79. The van der Waals surface area contributed by atoms with Crippen LogP contribution in [0.1, 0.15) is 6.42 Å². The smallest absolute Gasteiger partial charge is 0.119 e. The maximum absolute atomic E-state index is 10.1. The van der Waals surface area contributed by atoms with Crippen molar-refractivity contribution in [2.45, 2.75) is 12.5 Å². The maximum atomic E-state index is 10.1. The molecule has 4 nitrogen and oxygen atoms in total. The van der Waals surface area contributed by atoms with E-state index < -0.39 is 6.10 Å². The summed E-state index contributed by atoms with van der Waals surface area (Å²) < 4.78 is 10.7. The number of rotatable bonds is 5. The molecule has 0 aromatic heterocycles. The zero-order valence-corrected chi connectivity index (χ0v) is 11.0. The van der Waals surface area contributed by atoms with Gasteiger partial charge in [-0.15, -0.1) is 0 Å². The SMILES string of the molecule is COc1ccc(OCC(O)C2CCN(C)C2)cc1. The van der Waals surface area contributed by atoms with Gasteiger partial charge in [-0.05, 0) is 44.3 Å². The zero-order chi connectivity index (χ0) is 13.0. The average molecular weight is 251 g/mol. The molecule has 0 radical (unpaired) electrons. The van der Waals surface area contributed by atoms with Crippen molar-refractivity contribution in [1.29, 1.82) is 0 Å². The average Bonchev–Trinajstić information content (AvgIpc) is 2.83. The van der Waals surface area contributed by atoms with Crippen LogP contribution < -0.4 is 9.47 Å².